The van der Waals surface area contributed by atoms with Crippen molar-refractivity contribution in [3.05, 3.63) is 77.4 Å². The summed E-state index contributed by atoms with van der Waals surface area (Å²) in [6, 6.07) is 7.13. The van der Waals surface area contributed by atoms with Crippen molar-refractivity contribution in [3.63, 3.8) is 0 Å². The van der Waals surface area contributed by atoms with Gasteiger partial charge in [0.25, 0.3) is 11.8 Å². The van der Waals surface area contributed by atoms with E-state index in [-0.39, 0.29) is 23.3 Å². The van der Waals surface area contributed by atoms with Gasteiger partial charge in [0.2, 0.25) is 0 Å². The number of hydrogen-bond acceptors (Lipinski definition) is 3. The molecule has 3 unspecified atom stereocenters. The van der Waals surface area contributed by atoms with Crippen LogP contribution in [-0.2, 0) is 18.4 Å². The first kappa shape index (κ1) is 16.0. The number of carbonyl (C=O) groups is 2. The van der Waals surface area contributed by atoms with Crippen molar-refractivity contribution in [2.75, 3.05) is 6.54 Å². The number of imidazole rings is 1. The van der Waals surface area contributed by atoms with Crippen LogP contribution >= 0.6 is 0 Å². The zero-order valence-corrected chi connectivity index (χ0v) is 15.5. The van der Waals surface area contributed by atoms with Crippen LogP contribution in [0, 0.1) is 11.8 Å². The molecule has 2 amide bonds. The van der Waals surface area contributed by atoms with Gasteiger partial charge in [-0.15, -0.1) is 0 Å². The fraction of sp³-hybridized carbons (Fsp3) is 0.348. The van der Waals surface area contributed by atoms with E-state index >= 15 is 0 Å². The molecule has 2 aromatic rings. The van der Waals surface area contributed by atoms with E-state index in [1.165, 1.54) is 16.3 Å². The molecule has 2 heterocycles. The predicted molar refractivity (Wildman–Crippen MR) is 104 cm³/mol. The fourth-order valence-electron chi connectivity index (χ4n) is 5.23. The third-order valence-corrected chi connectivity index (χ3v) is 6.86. The second-order valence-corrected chi connectivity index (χ2v) is 8.43. The molecule has 1 fully saturated rings. The van der Waals surface area contributed by atoms with E-state index in [1.54, 1.807) is 12.1 Å². The first-order valence-electron chi connectivity index (χ1n) is 10.0. The second kappa shape index (κ2) is 5.53. The SMILES string of the molecule is O=C1c2ccccc2C(=O)N1CC1CCc2ncn(C34C=CC=CC3C4)c2C1. The van der Waals surface area contributed by atoms with Crippen molar-refractivity contribution < 1.29 is 9.59 Å². The van der Waals surface area contributed by atoms with Gasteiger partial charge in [-0.05, 0) is 43.7 Å². The summed E-state index contributed by atoms with van der Waals surface area (Å²) in [5, 5.41) is 0. The highest BCUT2D eigenvalue weighted by Crippen LogP contribution is 2.55. The van der Waals surface area contributed by atoms with Crippen molar-refractivity contribution in [2.45, 2.75) is 31.2 Å². The number of hydrogen-bond donors (Lipinski definition) is 0. The van der Waals surface area contributed by atoms with Crippen LogP contribution in [0.1, 0.15) is 44.9 Å². The van der Waals surface area contributed by atoms with Crippen LogP contribution in [0.2, 0.25) is 0 Å². The van der Waals surface area contributed by atoms with Crippen LogP contribution in [0.5, 0.6) is 0 Å². The van der Waals surface area contributed by atoms with Gasteiger partial charge in [0.15, 0.2) is 0 Å². The molecule has 6 rings (SSSR count). The van der Waals surface area contributed by atoms with Gasteiger partial charge in [0.1, 0.15) is 0 Å². The zero-order chi connectivity index (χ0) is 18.9. The molecule has 1 aromatic carbocycles. The number of rotatable bonds is 3. The lowest BCUT2D eigenvalue weighted by atomic mass is 9.88. The molecule has 5 nitrogen and oxygen atoms in total. The van der Waals surface area contributed by atoms with Crippen molar-refractivity contribution >= 4 is 11.8 Å². The van der Waals surface area contributed by atoms with Crippen LogP contribution in [0.25, 0.3) is 0 Å². The Labute approximate surface area is 163 Å². The smallest absolute Gasteiger partial charge is 0.261 e. The molecule has 28 heavy (non-hydrogen) atoms. The summed E-state index contributed by atoms with van der Waals surface area (Å²) in [5.74, 6) is 0.538. The Morgan fingerprint density at radius 1 is 1.11 bits per heavy atom. The Morgan fingerprint density at radius 3 is 2.64 bits per heavy atom. The molecule has 1 aromatic heterocycles. The first-order chi connectivity index (χ1) is 13.7. The van der Waals surface area contributed by atoms with Crippen molar-refractivity contribution in [1.29, 1.82) is 0 Å². The fourth-order valence-corrected chi connectivity index (χ4v) is 5.23. The summed E-state index contributed by atoms with van der Waals surface area (Å²) < 4.78 is 2.36. The maximum Gasteiger partial charge on any atom is 0.261 e. The van der Waals surface area contributed by atoms with Gasteiger partial charge < -0.3 is 4.57 Å². The van der Waals surface area contributed by atoms with E-state index in [0.717, 1.165) is 25.7 Å². The molecular formula is C23H21N3O2. The van der Waals surface area contributed by atoms with Crippen LogP contribution < -0.4 is 0 Å². The molecule has 0 saturated heterocycles. The van der Waals surface area contributed by atoms with Gasteiger partial charge in [0, 0.05) is 18.2 Å². The van der Waals surface area contributed by atoms with Gasteiger partial charge in [-0.3, -0.25) is 14.5 Å². The third kappa shape index (κ3) is 2.10. The average molecular weight is 371 g/mol. The zero-order valence-electron chi connectivity index (χ0n) is 15.5. The van der Waals surface area contributed by atoms with Gasteiger partial charge in [-0.1, -0.05) is 36.4 Å². The van der Waals surface area contributed by atoms with Gasteiger partial charge in [-0.25, -0.2) is 4.98 Å². The highest BCUT2D eigenvalue weighted by molar-refractivity contribution is 6.21. The summed E-state index contributed by atoms with van der Waals surface area (Å²) in [4.78, 5) is 31.6. The molecule has 3 aliphatic carbocycles. The molecule has 0 spiro atoms. The van der Waals surface area contributed by atoms with E-state index in [4.69, 9.17) is 0 Å². The minimum Gasteiger partial charge on any atom is -0.324 e. The summed E-state index contributed by atoms with van der Waals surface area (Å²) in [6.45, 7) is 0.489. The summed E-state index contributed by atoms with van der Waals surface area (Å²) in [7, 11) is 0. The maximum atomic E-state index is 12.7. The van der Waals surface area contributed by atoms with Crippen LogP contribution in [0.15, 0.2) is 54.9 Å². The molecule has 1 saturated carbocycles. The largest absolute Gasteiger partial charge is 0.324 e. The lowest BCUT2D eigenvalue weighted by molar-refractivity contribution is 0.0623. The number of fused-ring (bicyclic) bond motifs is 3. The molecular weight excluding hydrogens is 350 g/mol. The van der Waals surface area contributed by atoms with E-state index < -0.39 is 0 Å². The monoisotopic (exact) mass is 371 g/mol. The van der Waals surface area contributed by atoms with Gasteiger partial charge in [-0.2, -0.15) is 0 Å². The summed E-state index contributed by atoms with van der Waals surface area (Å²) in [6.07, 6.45) is 14.7. The molecule has 4 aliphatic rings. The Kier molecular flexibility index (Phi) is 3.17. The topological polar surface area (TPSA) is 55.2 Å². The minimum atomic E-state index is -0.152. The lowest BCUT2D eigenvalue weighted by Crippen LogP contribution is -2.37. The predicted octanol–water partition coefficient (Wildman–Crippen LogP) is 3.13. The number of aryl methyl sites for hydroxylation is 1. The van der Waals surface area contributed by atoms with Gasteiger partial charge >= 0.3 is 0 Å². The molecule has 3 atom stereocenters. The highest BCUT2D eigenvalue weighted by atomic mass is 16.2. The second-order valence-electron chi connectivity index (χ2n) is 8.43. The van der Waals surface area contributed by atoms with E-state index in [9.17, 15) is 9.59 Å². The standard InChI is InChI=1S/C23H21N3O2/c27-21-17-6-1-2-7-18(17)22(28)25(21)13-15-8-9-19-20(11-15)26(14-24-19)23-10-4-3-5-16(23)12-23/h1-7,10,14-16H,8-9,11-13H2. The van der Waals surface area contributed by atoms with E-state index in [0.29, 0.717) is 23.6 Å². The summed E-state index contributed by atoms with van der Waals surface area (Å²) in [5.41, 5.74) is 3.60. The number of allylic oxidation sites excluding steroid dienone is 4. The Balaban J connectivity index is 1.25. The molecule has 5 heteroatoms. The lowest BCUT2D eigenvalue weighted by Gasteiger charge is -2.28. The van der Waals surface area contributed by atoms with Crippen LogP contribution in [0.3, 0.4) is 0 Å². The third-order valence-electron chi connectivity index (χ3n) is 6.86. The Hall–Kier alpha value is -2.95. The van der Waals surface area contributed by atoms with E-state index in [2.05, 4.69) is 33.9 Å². The van der Waals surface area contributed by atoms with Crippen molar-refractivity contribution in [1.82, 2.24) is 14.5 Å². The summed E-state index contributed by atoms with van der Waals surface area (Å²) >= 11 is 0. The quantitative estimate of drug-likeness (QED) is 0.779. The molecule has 1 aliphatic heterocycles. The first-order valence-corrected chi connectivity index (χ1v) is 10.0. The molecule has 140 valence electrons. The van der Waals surface area contributed by atoms with Crippen molar-refractivity contribution in [3.8, 4) is 0 Å². The molecule has 0 bridgehead atoms. The number of carbonyl (C=O) groups excluding carboxylic acids is 2. The van der Waals surface area contributed by atoms with Gasteiger partial charge in [0.05, 0.1) is 28.7 Å². The Morgan fingerprint density at radius 2 is 1.89 bits per heavy atom. The highest BCUT2D eigenvalue weighted by Gasteiger charge is 2.54. The molecule has 0 radical (unpaired) electrons. The van der Waals surface area contributed by atoms with Crippen LogP contribution in [-0.4, -0.2) is 32.8 Å². The number of aromatic nitrogens is 2. The van der Waals surface area contributed by atoms with Crippen LogP contribution in [0.4, 0.5) is 0 Å². The maximum absolute atomic E-state index is 12.7. The van der Waals surface area contributed by atoms with Crippen molar-refractivity contribution in [2.24, 2.45) is 11.8 Å². The minimum absolute atomic E-state index is 0.0622. The number of amides is 2. The Bertz CT molecular complexity index is 1040. The normalized spacial score (nSPS) is 29.6. The number of benzene rings is 1. The average Bonchev–Trinajstić information content (AvgIpc) is 3.25. The molecule has 0 N–H and O–H groups in total. The number of imide groups is 1. The van der Waals surface area contributed by atoms with E-state index in [1.807, 2.05) is 18.5 Å². The number of nitrogens with zero attached hydrogens (tertiary/aromatic N) is 3.